The molecule has 0 saturated heterocycles. The van der Waals surface area contributed by atoms with Crippen LogP contribution in [0.3, 0.4) is 0 Å². The predicted molar refractivity (Wildman–Crippen MR) is 42.9 cm³/mol. The topological polar surface area (TPSA) is 26.3 Å². The molecular weight excluding hydrogens is 432 g/mol. The molecule has 2 nitrogen and oxygen atoms in total. The lowest BCUT2D eigenvalue weighted by Gasteiger charge is -2.38. The summed E-state index contributed by atoms with van der Waals surface area (Å²) >= 11 is 0. The fourth-order valence-corrected chi connectivity index (χ4v) is 1.01. The Balaban J connectivity index is 6.32. The summed E-state index contributed by atoms with van der Waals surface area (Å²) in [4.78, 5) is 9.74. The van der Waals surface area contributed by atoms with Crippen LogP contribution >= 0.6 is 0 Å². The van der Waals surface area contributed by atoms with E-state index in [-0.39, 0.29) is 0 Å². The normalized spacial score (nSPS) is 17.8. The fraction of sp³-hybridized carbons (Fsp3) is 0.875. The van der Waals surface area contributed by atoms with E-state index in [1.165, 1.54) is 4.74 Å². The molecule has 0 amide bonds. The number of hydrogen-bond donors (Lipinski definition) is 0. The van der Waals surface area contributed by atoms with Gasteiger partial charge in [0.15, 0.2) is 0 Å². The van der Waals surface area contributed by atoms with Gasteiger partial charge < -0.3 is 0 Å². The Morgan fingerprint density at radius 1 is 0.538 bits per heavy atom. The average molecular weight is 432 g/mol. The van der Waals surface area contributed by atoms with Crippen LogP contribution in [0.2, 0.25) is 0 Å². The maximum absolute atomic E-state index is 12.8. The van der Waals surface area contributed by atoms with Gasteiger partial charge >= 0.3 is 48.1 Å². The van der Waals surface area contributed by atoms with E-state index in [1.807, 2.05) is 0 Å². The van der Waals surface area contributed by atoms with E-state index in [0.29, 0.717) is 0 Å². The van der Waals surface area contributed by atoms with E-state index in [4.69, 9.17) is 0 Å². The van der Waals surface area contributed by atoms with Crippen molar-refractivity contribution >= 4 is 6.04 Å². The molecule has 0 aromatic carbocycles. The summed E-state index contributed by atoms with van der Waals surface area (Å²) in [6.07, 6.45) is -22.8. The molecule has 1 unspecified atom stereocenters. The van der Waals surface area contributed by atoms with Gasteiger partial charge in [0.2, 0.25) is 0 Å². The smallest absolute Gasteiger partial charge is 0.261 e. The van der Waals surface area contributed by atoms with Gasteiger partial charge in [-0.1, -0.05) is 0 Å². The van der Waals surface area contributed by atoms with Crippen molar-refractivity contribution in [3.8, 4) is 0 Å². The SMILES string of the molecule is O=C(F)C(F)(OC(F)(F)C(F)(F)C(F)(F)C(F)(F)C(F)(F)F)C(F)(F)F. The van der Waals surface area contributed by atoms with Gasteiger partial charge in [-0.3, -0.25) is 9.53 Å². The van der Waals surface area contributed by atoms with Crippen molar-refractivity contribution in [1.82, 2.24) is 0 Å². The highest BCUT2D eigenvalue weighted by molar-refractivity contribution is 5.77. The van der Waals surface area contributed by atoms with Crippen molar-refractivity contribution < 1.29 is 79.8 Å². The molecular formula is C8F16O2. The van der Waals surface area contributed by atoms with Crippen molar-refractivity contribution in [2.24, 2.45) is 0 Å². The first-order valence-electron chi connectivity index (χ1n) is 5.14. The van der Waals surface area contributed by atoms with Crippen LogP contribution in [0.1, 0.15) is 0 Å². The van der Waals surface area contributed by atoms with Gasteiger partial charge in [-0.2, -0.15) is 70.2 Å². The van der Waals surface area contributed by atoms with Gasteiger partial charge in [-0.05, 0) is 0 Å². The van der Waals surface area contributed by atoms with Gasteiger partial charge in [0.25, 0.3) is 0 Å². The molecule has 1 atom stereocenters. The number of halogens is 16. The second kappa shape index (κ2) is 6.01. The van der Waals surface area contributed by atoms with E-state index in [9.17, 15) is 75.0 Å². The Morgan fingerprint density at radius 2 is 0.885 bits per heavy atom. The third kappa shape index (κ3) is 3.38. The highest BCUT2D eigenvalue weighted by atomic mass is 19.4. The van der Waals surface area contributed by atoms with Crippen LogP contribution in [0.15, 0.2) is 0 Å². The summed E-state index contributed by atoms with van der Waals surface area (Å²) in [5.74, 6) is -31.6. The lowest BCUT2D eigenvalue weighted by atomic mass is 10.0. The zero-order valence-electron chi connectivity index (χ0n) is 10.9. The highest BCUT2D eigenvalue weighted by Gasteiger charge is 2.89. The summed E-state index contributed by atoms with van der Waals surface area (Å²) in [6.45, 7) is 0. The van der Waals surface area contributed by atoms with Crippen LogP contribution in [0.4, 0.5) is 70.2 Å². The zero-order chi connectivity index (χ0) is 21.8. The van der Waals surface area contributed by atoms with Crippen molar-refractivity contribution in [2.45, 2.75) is 42.1 Å². The van der Waals surface area contributed by atoms with Crippen LogP contribution < -0.4 is 0 Å². The maximum atomic E-state index is 12.8. The molecule has 0 heterocycles. The molecule has 0 aromatic heterocycles. The standard InChI is InChI=1S/C8F16O2/c9-1(25)2(10,6(17,18)19)26-8(23,24)5(15,16)3(11,12)4(13,14)7(20,21)22. The van der Waals surface area contributed by atoms with Gasteiger partial charge in [0.05, 0.1) is 0 Å². The molecule has 156 valence electrons. The van der Waals surface area contributed by atoms with Crippen molar-refractivity contribution in [3.63, 3.8) is 0 Å². The summed E-state index contributed by atoms with van der Waals surface area (Å²) in [7, 11) is 0. The Kier molecular flexibility index (Phi) is 5.67. The molecule has 0 aromatic rings. The quantitative estimate of drug-likeness (QED) is 0.446. The first kappa shape index (κ1) is 24.5. The second-order valence-corrected chi connectivity index (χ2v) is 4.21. The molecule has 0 N–H and O–H groups in total. The Labute approximate surface area is 129 Å². The number of carbonyl (C=O) groups excluding carboxylic acids is 1. The minimum absolute atomic E-state index is 1.33. The number of ether oxygens (including phenoxy) is 1. The van der Waals surface area contributed by atoms with Crippen LogP contribution in [0.25, 0.3) is 0 Å². The molecule has 0 fully saturated rings. The Hall–Kier alpha value is -1.49. The molecule has 0 aliphatic heterocycles. The summed E-state index contributed by atoms with van der Waals surface area (Å²) in [5.41, 5.74) is 0. The molecule has 0 bridgehead atoms. The van der Waals surface area contributed by atoms with Crippen LogP contribution in [-0.4, -0.2) is 48.1 Å². The molecule has 0 saturated carbocycles. The zero-order valence-corrected chi connectivity index (χ0v) is 10.9. The molecule has 0 spiro atoms. The summed E-state index contributed by atoms with van der Waals surface area (Å²) in [5, 5.41) is 0. The molecule has 0 aliphatic carbocycles. The van der Waals surface area contributed by atoms with Crippen molar-refractivity contribution in [2.75, 3.05) is 0 Å². The summed E-state index contributed by atoms with van der Waals surface area (Å²) < 4.78 is 198. The van der Waals surface area contributed by atoms with Gasteiger partial charge in [-0.15, -0.1) is 0 Å². The molecule has 18 heteroatoms. The van der Waals surface area contributed by atoms with Gasteiger partial charge in [-0.25, -0.2) is 0 Å². The third-order valence-corrected chi connectivity index (χ3v) is 2.40. The largest absolute Gasteiger partial charge is 0.460 e. The first-order chi connectivity index (χ1) is 10.9. The van der Waals surface area contributed by atoms with E-state index in [2.05, 4.69) is 0 Å². The Bertz CT molecular complexity index is 543. The van der Waals surface area contributed by atoms with E-state index < -0.39 is 48.1 Å². The minimum atomic E-state index is -8.24. The van der Waals surface area contributed by atoms with Gasteiger partial charge in [0, 0.05) is 0 Å². The Morgan fingerprint density at radius 3 is 1.12 bits per heavy atom. The fourth-order valence-electron chi connectivity index (χ4n) is 1.01. The van der Waals surface area contributed by atoms with E-state index in [1.54, 1.807) is 0 Å². The first-order valence-corrected chi connectivity index (χ1v) is 5.14. The molecule has 0 radical (unpaired) electrons. The number of rotatable bonds is 6. The van der Waals surface area contributed by atoms with E-state index >= 15 is 0 Å². The second-order valence-electron chi connectivity index (χ2n) is 4.21. The number of hydrogen-bond acceptors (Lipinski definition) is 2. The minimum Gasteiger partial charge on any atom is -0.261 e. The monoisotopic (exact) mass is 432 g/mol. The average Bonchev–Trinajstić information content (AvgIpc) is 2.34. The lowest BCUT2D eigenvalue weighted by molar-refractivity contribution is -0.488. The molecule has 26 heavy (non-hydrogen) atoms. The van der Waals surface area contributed by atoms with Crippen molar-refractivity contribution in [1.29, 1.82) is 0 Å². The number of carbonyl (C=O) groups is 1. The van der Waals surface area contributed by atoms with Crippen LogP contribution in [0, 0.1) is 0 Å². The molecule has 0 rings (SSSR count). The van der Waals surface area contributed by atoms with Gasteiger partial charge in [0.1, 0.15) is 0 Å². The van der Waals surface area contributed by atoms with Crippen molar-refractivity contribution in [3.05, 3.63) is 0 Å². The van der Waals surface area contributed by atoms with E-state index in [0.717, 1.165) is 0 Å². The summed E-state index contributed by atoms with van der Waals surface area (Å²) in [6, 6.07) is -4.67. The number of alkyl halides is 15. The third-order valence-electron chi connectivity index (χ3n) is 2.40. The van der Waals surface area contributed by atoms with Crippen LogP contribution in [0.5, 0.6) is 0 Å². The lowest BCUT2D eigenvalue weighted by Crippen LogP contribution is -2.69. The van der Waals surface area contributed by atoms with Crippen LogP contribution in [-0.2, 0) is 9.53 Å². The predicted octanol–water partition coefficient (Wildman–Crippen LogP) is 4.79. The molecule has 0 aliphatic rings. The maximum Gasteiger partial charge on any atom is 0.460 e. The highest BCUT2D eigenvalue weighted by Crippen LogP contribution is 2.58.